The van der Waals surface area contributed by atoms with Crippen LogP contribution in [0.4, 0.5) is 0 Å². The minimum absolute atomic E-state index is 0.0299. The number of halogens is 1. The lowest BCUT2D eigenvalue weighted by Crippen LogP contribution is -2.04. The molecule has 1 heterocycles. The number of hydrogen-bond donors (Lipinski definition) is 1. The van der Waals surface area contributed by atoms with Gasteiger partial charge in [-0.25, -0.2) is 4.79 Å². The lowest BCUT2D eigenvalue weighted by molar-refractivity contribution is -0.0548. The summed E-state index contributed by atoms with van der Waals surface area (Å²) in [7, 11) is 3.19. The molecule has 3 aromatic carbocycles. The Hall–Kier alpha value is -3.42. The summed E-state index contributed by atoms with van der Waals surface area (Å²) in [5, 5.41) is 10.1. The van der Waals surface area contributed by atoms with Crippen LogP contribution in [0.15, 0.2) is 54.6 Å². The number of hydrogen-bond acceptors (Lipinski definition) is 7. The summed E-state index contributed by atoms with van der Waals surface area (Å²) in [5.41, 5.74) is 2.06. The standard InChI is InChI=1S/C24H21ClO7/c1-28-16-7-3-14(4-8-16)12-30-19-11-18-20(24(27)32-23(18)26)21(25)22(19)31-13-15-5-9-17(29-2)10-6-15/h3-11,23,26H,12-13H2,1-2H3. The second kappa shape index (κ2) is 9.38. The number of cyclic esters (lactones) is 1. The van der Waals surface area contributed by atoms with Crippen LogP contribution in [0, 0.1) is 0 Å². The van der Waals surface area contributed by atoms with Crippen LogP contribution in [0.1, 0.15) is 33.3 Å². The van der Waals surface area contributed by atoms with Crippen molar-refractivity contribution in [2.45, 2.75) is 19.5 Å². The van der Waals surface area contributed by atoms with Crippen molar-refractivity contribution in [3.63, 3.8) is 0 Å². The Kier molecular flexibility index (Phi) is 6.39. The molecule has 0 bridgehead atoms. The molecule has 3 aromatic rings. The number of ether oxygens (including phenoxy) is 5. The smallest absolute Gasteiger partial charge is 0.342 e. The highest BCUT2D eigenvalue weighted by atomic mass is 35.5. The van der Waals surface area contributed by atoms with Crippen LogP contribution in [0.25, 0.3) is 0 Å². The fourth-order valence-corrected chi connectivity index (χ4v) is 3.59. The quantitative estimate of drug-likeness (QED) is 0.493. The number of aliphatic hydroxyl groups excluding tert-OH is 1. The molecular formula is C24H21ClO7. The Balaban J connectivity index is 1.61. The van der Waals surface area contributed by atoms with Crippen molar-refractivity contribution in [3.8, 4) is 23.0 Å². The monoisotopic (exact) mass is 456 g/mol. The summed E-state index contributed by atoms with van der Waals surface area (Å²) < 4.78 is 27.1. The molecular weight excluding hydrogens is 436 g/mol. The van der Waals surface area contributed by atoms with Crippen molar-refractivity contribution in [1.82, 2.24) is 0 Å². The summed E-state index contributed by atoms with van der Waals surface area (Å²) in [6, 6.07) is 16.3. The van der Waals surface area contributed by atoms with Crippen LogP contribution < -0.4 is 18.9 Å². The number of fused-ring (bicyclic) bond motifs is 1. The first-order valence-electron chi connectivity index (χ1n) is 9.77. The molecule has 0 amide bonds. The highest BCUT2D eigenvalue weighted by Crippen LogP contribution is 2.45. The third-order valence-corrected chi connectivity index (χ3v) is 5.36. The molecule has 1 aliphatic rings. The molecule has 1 unspecified atom stereocenters. The van der Waals surface area contributed by atoms with E-state index in [9.17, 15) is 9.90 Å². The molecule has 32 heavy (non-hydrogen) atoms. The maximum Gasteiger partial charge on any atom is 0.342 e. The number of methoxy groups -OCH3 is 2. The minimum atomic E-state index is -1.41. The topological polar surface area (TPSA) is 83.5 Å². The highest BCUT2D eigenvalue weighted by Gasteiger charge is 2.35. The van der Waals surface area contributed by atoms with Gasteiger partial charge < -0.3 is 28.8 Å². The van der Waals surface area contributed by atoms with Crippen LogP contribution in [0.3, 0.4) is 0 Å². The van der Waals surface area contributed by atoms with Crippen LogP contribution in [-0.2, 0) is 18.0 Å². The summed E-state index contributed by atoms with van der Waals surface area (Å²) in [6.07, 6.45) is -1.41. The molecule has 1 N–H and O–H groups in total. The van der Waals surface area contributed by atoms with Gasteiger partial charge in [0.25, 0.3) is 0 Å². The predicted octanol–water partition coefficient (Wildman–Crippen LogP) is 4.68. The Bertz CT molecular complexity index is 1110. The molecule has 0 spiro atoms. The zero-order valence-corrected chi connectivity index (χ0v) is 18.2. The normalized spacial score (nSPS) is 14.5. The Morgan fingerprint density at radius 2 is 1.44 bits per heavy atom. The SMILES string of the molecule is COc1ccc(COc2cc3c(c(Cl)c2OCc2ccc(OC)cc2)C(=O)OC3O)cc1. The van der Waals surface area contributed by atoms with E-state index in [4.69, 9.17) is 35.3 Å². The van der Waals surface area contributed by atoms with Gasteiger partial charge in [-0.3, -0.25) is 0 Å². The largest absolute Gasteiger partial charge is 0.497 e. The van der Waals surface area contributed by atoms with E-state index in [1.54, 1.807) is 14.2 Å². The molecule has 8 heteroatoms. The van der Waals surface area contributed by atoms with E-state index in [2.05, 4.69) is 0 Å². The predicted molar refractivity (Wildman–Crippen MR) is 116 cm³/mol. The Morgan fingerprint density at radius 1 is 0.906 bits per heavy atom. The first-order valence-corrected chi connectivity index (χ1v) is 10.1. The van der Waals surface area contributed by atoms with E-state index in [0.717, 1.165) is 22.6 Å². The minimum Gasteiger partial charge on any atom is -0.497 e. The fraction of sp³-hybridized carbons (Fsp3) is 0.208. The molecule has 0 saturated carbocycles. The summed E-state index contributed by atoms with van der Waals surface area (Å²) in [4.78, 5) is 12.2. The Labute approximate surface area is 190 Å². The van der Waals surface area contributed by atoms with Gasteiger partial charge in [0.1, 0.15) is 29.7 Å². The van der Waals surface area contributed by atoms with Gasteiger partial charge in [0.05, 0.1) is 19.8 Å². The van der Waals surface area contributed by atoms with Crippen LogP contribution in [0.2, 0.25) is 5.02 Å². The van der Waals surface area contributed by atoms with Gasteiger partial charge in [0.2, 0.25) is 6.29 Å². The highest BCUT2D eigenvalue weighted by molar-refractivity contribution is 6.35. The third kappa shape index (κ3) is 4.44. The molecule has 1 atom stereocenters. The third-order valence-electron chi connectivity index (χ3n) is 5.00. The Morgan fingerprint density at radius 3 is 1.97 bits per heavy atom. The molecule has 0 aliphatic carbocycles. The van der Waals surface area contributed by atoms with E-state index >= 15 is 0 Å². The summed E-state index contributed by atoms with van der Waals surface area (Å²) >= 11 is 6.50. The lowest BCUT2D eigenvalue weighted by atomic mass is 10.1. The average molecular weight is 457 g/mol. The number of benzene rings is 3. The van der Waals surface area contributed by atoms with Crippen LogP contribution >= 0.6 is 11.6 Å². The van der Waals surface area contributed by atoms with Gasteiger partial charge in [0, 0.05) is 5.56 Å². The number of esters is 1. The van der Waals surface area contributed by atoms with Crippen molar-refractivity contribution < 1.29 is 33.6 Å². The van der Waals surface area contributed by atoms with Crippen molar-refractivity contribution in [2.24, 2.45) is 0 Å². The van der Waals surface area contributed by atoms with Gasteiger partial charge >= 0.3 is 5.97 Å². The van der Waals surface area contributed by atoms with E-state index < -0.39 is 12.3 Å². The molecule has 1 aliphatic heterocycles. The van der Waals surface area contributed by atoms with Gasteiger partial charge in [-0.1, -0.05) is 35.9 Å². The van der Waals surface area contributed by atoms with E-state index in [1.807, 2.05) is 48.5 Å². The molecule has 0 saturated heterocycles. The molecule has 0 fully saturated rings. The number of rotatable bonds is 8. The zero-order valence-electron chi connectivity index (χ0n) is 17.5. The zero-order chi connectivity index (χ0) is 22.7. The second-order valence-electron chi connectivity index (χ2n) is 7.01. The van der Waals surface area contributed by atoms with E-state index in [1.165, 1.54) is 6.07 Å². The van der Waals surface area contributed by atoms with Crippen molar-refractivity contribution in [3.05, 3.63) is 81.9 Å². The van der Waals surface area contributed by atoms with E-state index in [0.29, 0.717) is 0 Å². The van der Waals surface area contributed by atoms with Crippen molar-refractivity contribution in [2.75, 3.05) is 14.2 Å². The van der Waals surface area contributed by atoms with Crippen molar-refractivity contribution in [1.29, 1.82) is 0 Å². The van der Waals surface area contributed by atoms with Gasteiger partial charge in [-0.15, -0.1) is 0 Å². The van der Waals surface area contributed by atoms with Crippen LogP contribution in [0.5, 0.6) is 23.0 Å². The van der Waals surface area contributed by atoms with Gasteiger partial charge in [0.15, 0.2) is 11.5 Å². The molecule has 0 aromatic heterocycles. The molecule has 166 valence electrons. The van der Waals surface area contributed by atoms with Gasteiger partial charge in [-0.05, 0) is 41.5 Å². The number of carbonyl (C=O) groups excluding carboxylic acids is 1. The van der Waals surface area contributed by atoms with E-state index in [-0.39, 0.29) is 40.9 Å². The maximum atomic E-state index is 12.2. The van der Waals surface area contributed by atoms with Crippen molar-refractivity contribution >= 4 is 17.6 Å². The molecule has 0 radical (unpaired) electrons. The number of aliphatic hydroxyl groups is 1. The second-order valence-corrected chi connectivity index (χ2v) is 7.39. The van der Waals surface area contributed by atoms with Gasteiger partial charge in [-0.2, -0.15) is 0 Å². The average Bonchev–Trinajstić information content (AvgIpc) is 3.11. The molecule has 7 nitrogen and oxygen atoms in total. The lowest BCUT2D eigenvalue weighted by Gasteiger charge is -2.16. The fourth-order valence-electron chi connectivity index (χ4n) is 3.26. The molecule has 4 rings (SSSR count). The first kappa shape index (κ1) is 21.8. The first-order chi connectivity index (χ1) is 15.5. The maximum absolute atomic E-state index is 12.2. The summed E-state index contributed by atoms with van der Waals surface area (Å²) in [6.45, 7) is 0.391. The van der Waals surface area contributed by atoms with Crippen LogP contribution in [-0.4, -0.2) is 25.3 Å². The number of carbonyl (C=O) groups is 1. The summed E-state index contributed by atoms with van der Waals surface area (Å²) in [5.74, 6) is 1.23.